The van der Waals surface area contributed by atoms with Gasteiger partial charge in [0.25, 0.3) is 0 Å². The average Bonchev–Trinajstić information content (AvgIpc) is 2.80. The fourth-order valence-electron chi connectivity index (χ4n) is 3.00. The van der Waals surface area contributed by atoms with Gasteiger partial charge in [0.05, 0.1) is 0 Å². The van der Waals surface area contributed by atoms with Gasteiger partial charge in [0.2, 0.25) is 5.91 Å². The first-order chi connectivity index (χ1) is 15.4. The van der Waals surface area contributed by atoms with E-state index in [1.54, 1.807) is 0 Å². The number of thioether (sulfide) groups is 1. The number of carbonyl (C=O) groups is 1. The molecule has 2 rings (SSSR count). The maximum absolute atomic E-state index is 14.0. The molecule has 0 heterocycles. The Kier molecular flexibility index (Phi) is 18.8. The summed E-state index contributed by atoms with van der Waals surface area (Å²) in [6.45, 7) is 13.8. The van der Waals surface area contributed by atoms with Gasteiger partial charge in [-0.3, -0.25) is 4.79 Å². The standard InChI is InChI=1S/C25H31FN2OS.C2H6.CH4.H2O.H2/c1-4-20(16-28-14-13-21-8-5-18(2)6-9-21)10-7-19(3)30-17-23-15-22(25(27)29)11-12-24(23)26;1-2;;;/h4-12,23,28H,3,13-17H2,1-2H3,(H2,27,29);1-2H3;1H4;1H2;1H/b10-7-,20-4+;;;;. The minimum absolute atomic E-state index is 0. The normalized spacial score (nSPS) is 15.2. The fourth-order valence-corrected chi connectivity index (χ4v) is 3.86. The molecule has 6 heteroatoms. The number of aryl methyl sites for hydroxylation is 1. The molecular weight excluding hydrogens is 447 g/mol. The van der Waals surface area contributed by atoms with Gasteiger partial charge in [0.1, 0.15) is 5.83 Å². The Morgan fingerprint density at radius 1 is 1.26 bits per heavy atom. The Labute approximate surface area is 211 Å². The Morgan fingerprint density at radius 2 is 1.91 bits per heavy atom. The highest BCUT2D eigenvalue weighted by atomic mass is 32.2. The quantitative estimate of drug-likeness (QED) is 0.283. The van der Waals surface area contributed by atoms with E-state index < -0.39 is 5.91 Å². The molecule has 0 aromatic heterocycles. The lowest BCUT2D eigenvalue weighted by Crippen LogP contribution is -2.20. The zero-order chi connectivity index (χ0) is 23.9. The number of benzene rings is 1. The van der Waals surface area contributed by atoms with E-state index in [2.05, 4.69) is 49.2 Å². The number of nitrogens with two attached hydrogens (primary N) is 1. The Morgan fingerprint density at radius 3 is 2.50 bits per heavy atom. The molecule has 1 aromatic carbocycles. The molecule has 1 aliphatic rings. The molecular formula is C28H45FN2O2S. The van der Waals surface area contributed by atoms with Crippen molar-refractivity contribution in [2.75, 3.05) is 18.8 Å². The number of hydrogen-bond donors (Lipinski definition) is 2. The van der Waals surface area contributed by atoms with Crippen LogP contribution in [0.1, 0.15) is 47.2 Å². The third kappa shape index (κ3) is 12.7. The molecule has 192 valence electrons. The second kappa shape index (κ2) is 19.0. The van der Waals surface area contributed by atoms with Crippen molar-refractivity contribution in [2.24, 2.45) is 11.7 Å². The van der Waals surface area contributed by atoms with Gasteiger partial charge in [-0.2, -0.15) is 0 Å². The van der Waals surface area contributed by atoms with Crippen molar-refractivity contribution in [1.29, 1.82) is 0 Å². The molecule has 1 aliphatic carbocycles. The van der Waals surface area contributed by atoms with Crippen molar-refractivity contribution in [3.8, 4) is 0 Å². The third-order valence-corrected chi connectivity index (χ3v) is 6.06. The predicted molar refractivity (Wildman–Crippen MR) is 151 cm³/mol. The molecule has 5 N–H and O–H groups in total. The highest BCUT2D eigenvalue weighted by Gasteiger charge is 2.22. The lowest BCUT2D eigenvalue weighted by atomic mass is 9.94. The van der Waals surface area contributed by atoms with Crippen molar-refractivity contribution in [3.05, 3.63) is 94.2 Å². The maximum atomic E-state index is 14.0. The first-order valence-corrected chi connectivity index (χ1v) is 12.1. The third-order valence-electron chi connectivity index (χ3n) is 4.98. The lowest BCUT2D eigenvalue weighted by Gasteiger charge is -2.18. The van der Waals surface area contributed by atoms with Crippen molar-refractivity contribution < 1.29 is 16.1 Å². The smallest absolute Gasteiger partial charge is 0.244 e. The van der Waals surface area contributed by atoms with E-state index in [4.69, 9.17) is 5.73 Å². The number of amides is 1. The SMILES string of the molecule is C.C=C(/C=C\C(=C/C)CNCCc1ccc(C)cc1)SCC1CC(C(N)=O)=CC=C1F.CC.O.[HH]. The van der Waals surface area contributed by atoms with Crippen molar-refractivity contribution in [3.63, 3.8) is 0 Å². The Bertz CT molecular complexity index is 877. The van der Waals surface area contributed by atoms with Crippen LogP contribution >= 0.6 is 11.8 Å². The molecule has 1 atom stereocenters. The molecule has 0 bridgehead atoms. The zero-order valence-electron chi connectivity index (χ0n) is 20.3. The predicted octanol–water partition coefficient (Wildman–Crippen LogP) is 6.25. The number of carbonyl (C=O) groups excluding carboxylic acids is 1. The number of primary amides is 1. The molecule has 0 fully saturated rings. The van der Waals surface area contributed by atoms with Gasteiger partial charge in [0.15, 0.2) is 0 Å². The van der Waals surface area contributed by atoms with E-state index in [-0.39, 0.29) is 26.1 Å². The molecule has 0 radical (unpaired) electrons. The van der Waals surface area contributed by atoms with E-state index >= 15 is 0 Å². The first kappa shape index (κ1) is 33.8. The van der Waals surface area contributed by atoms with Crippen LogP contribution < -0.4 is 11.1 Å². The molecule has 0 spiro atoms. The highest BCUT2D eigenvalue weighted by Crippen LogP contribution is 2.31. The number of hydrogen-bond acceptors (Lipinski definition) is 3. The molecule has 1 aromatic rings. The average molecular weight is 493 g/mol. The Hall–Kier alpha value is -2.41. The second-order valence-corrected chi connectivity index (χ2v) is 8.54. The number of rotatable bonds is 11. The summed E-state index contributed by atoms with van der Waals surface area (Å²) in [7, 11) is 0. The van der Waals surface area contributed by atoms with Crippen molar-refractivity contribution in [2.45, 2.75) is 48.0 Å². The van der Waals surface area contributed by atoms with E-state index in [1.165, 1.54) is 40.6 Å². The van der Waals surface area contributed by atoms with Gasteiger partial charge in [-0.05, 0) is 56.5 Å². The Balaban J connectivity index is -0.00000199. The zero-order valence-corrected chi connectivity index (χ0v) is 21.1. The van der Waals surface area contributed by atoms with E-state index in [9.17, 15) is 9.18 Å². The minimum atomic E-state index is -0.486. The topological polar surface area (TPSA) is 86.6 Å². The second-order valence-electron chi connectivity index (χ2n) is 7.40. The number of halogens is 1. The van der Waals surface area contributed by atoms with Crippen molar-refractivity contribution >= 4 is 17.7 Å². The maximum Gasteiger partial charge on any atom is 0.244 e. The summed E-state index contributed by atoms with van der Waals surface area (Å²) in [5.74, 6) is -0.510. The van der Waals surface area contributed by atoms with Gasteiger partial charge >= 0.3 is 0 Å². The fraction of sp³-hybridized carbons (Fsp3) is 0.393. The summed E-state index contributed by atoms with van der Waals surface area (Å²) in [6, 6.07) is 8.61. The van der Waals surface area contributed by atoms with E-state index in [0.29, 0.717) is 17.7 Å². The number of allylic oxidation sites excluding steroid dienone is 5. The van der Waals surface area contributed by atoms with E-state index in [1.807, 2.05) is 32.9 Å². The van der Waals surface area contributed by atoms with E-state index in [0.717, 1.165) is 24.4 Å². The van der Waals surface area contributed by atoms with Gasteiger partial charge in [-0.1, -0.05) is 75.9 Å². The van der Waals surface area contributed by atoms with Gasteiger partial charge in [-0.15, -0.1) is 11.8 Å². The van der Waals surface area contributed by atoms with Crippen LogP contribution in [0.4, 0.5) is 4.39 Å². The summed E-state index contributed by atoms with van der Waals surface area (Å²) < 4.78 is 14.0. The molecule has 4 nitrogen and oxygen atoms in total. The van der Waals surface area contributed by atoms with Gasteiger partial charge in [0, 0.05) is 30.1 Å². The molecule has 34 heavy (non-hydrogen) atoms. The summed E-state index contributed by atoms with van der Waals surface area (Å²) in [5, 5.41) is 3.47. The van der Waals surface area contributed by atoms with Crippen LogP contribution in [-0.4, -0.2) is 30.2 Å². The highest BCUT2D eigenvalue weighted by molar-refractivity contribution is 8.03. The number of nitrogens with one attached hydrogen (secondary N) is 1. The molecule has 1 unspecified atom stereocenters. The van der Waals surface area contributed by atoms with Crippen LogP contribution in [0.15, 0.2) is 83.1 Å². The van der Waals surface area contributed by atoms with Crippen LogP contribution in [0.5, 0.6) is 0 Å². The summed E-state index contributed by atoms with van der Waals surface area (Å²) >= 11 is 1.49. The van der Waals surface area contributed by atoms with Crippen LogP contribution in [0.25, 0.3) is 0 Å². The molecule has 0 saturated carbocycles. The summed E-state index contributed by atoms with van der Waals surface area (Å²) in [6.07, 6.45) is 10.2. The molecule has 1 amide bonds. The monoisotopic (exact) mass is 492 g/mol. The molecule has 0 aliphatic heterocycles. The van der Waals surface area contributed by atoms with Crippen LogP contribution in [-0.2, 0) is 11.2 Å². The van der Waals surface area contributed by atoms with Crippen LogP contribution in [0, 0.1) is 12.8 Å². The summed E-state index contributed by atoms with van der Waals surface area (Å²) in [5.41, 5.74) is 9.55. The minimum Gasteiger partial charge on any atom is -0.412 e. The lowest BCUT2D eigenvalue weighted by molar-refractivity contribution is -0.114. The summed E-state index contributed by atoms with van der Waals surface area (Å²) in [4.78, 5) is 12.2. The van der Waals surface area contributed by atoms with Gasteiger partial charge in [-0.25, -0.2) is 4.39 Å². The van der Waals surface area contributed by atoms with Gasteiger partial charge < -0.3 is 16.5 Å². The van der Waals surface area contributed by atoms with Crippen LogP contribution in [0.3, 0.4) is 0 Å². The van der Waals surface area contributed by atoms with Crippen LogP contribution in [0.2, 0.25) is 0 Å². The largest absolute Gasteiger partial charge is 0.412 e. The molecule has 0 saturated heterocycles. The van der Waals surface area contributed by atoms with Crippen molar-refractivity contribution in [1.82, 2.24) is 5.32 Å². The first-order valence-electron chi connectivity index (χ1n) is 11.2.